The van der Waals surface area contributed by atoms with E-state index in [0.29, 0.717) is 25.6 Å². The van der Waals surface area contributed by atoms with E-state index in [1.54, 1.807) is 4.31 Å². The van der Waals surface area contributed by atoms with Gasteiger partial charge in [0.05, 0.1) is 5.75 Å². The minimum absolute atomic E-state index is 0.255. The van der Waals surface area contributed by atoms with Crippen LogP contribution in [0.1, 0.15) is 39.5 Å². The molecule has 8 heteroatoms. The van der Waals surface area contributed by atoms with Crippen molar-refractivity contribution in [2.24, 2.45) is 4.99 Å². The summed E-state index contributed by atoms with van der Waals surface area (Å²) in [5, 5.41) is 6.72. The predicted molar refractivity (Wildman–Crippen MR) is 101 cm³/mol. The Bertz CT molecular complexity index is 446. The second-order valence-corrected chi connectivity index (χ2v) is 8.81. The molecule has 0 atom stereocenters. The third kappa shape index (κ3) is 7.76. The summed E-state index contributed by atoms with van der Waals surface area (Å²) in [5.41, 5.74) is 0. The zero-order chi connectivity index (χ0) is 17.1. The molecule has 0 aromatic rings. The number of sulfonamides is 1. The predicted octanol–water partition coefficient (Wildman–Crippen LogP) is 1.50. The first-order valence-electron chi connectivity index (χ1n) is 8.55. The maximum atomic E-state index is 12.1. The van der Waals surface area contributed by atoms with Crippen LogP contribution in [0.3, 0.4) is 0 Å². The first kappa shape index (κ1) is 20.6. The highest BCUT2D eigenvalue weighted by Crippen LogP contribution is 2.15. The van der Waals surface area contributed by atoms with Crippen LogP contribution in [-0.4, -0.2) is 68.7 Å². The van der Waals surface area contributed by atoms with Gasteiger partial charge >= 0.3 is 0 Å². The van der Waals surface area contributed by atoms with Crippen LogP contribution in [0, 0.1) is 0 Å². The molecule has 136 valence electrons. The fourth-order valence-electron chi connectivity index (χ4n) is 2.58. The molecule has 0 bridgehead atoms. The molecule has 0 amide bonds. The highest BCUT2D eigenvalue weighted by atomic mass is 32.2. The molecular formula is C15H32N4O2S2. The Morgan fingerprint density at radius 1 is 1.30 bits per heavy atom. The van der Waals surface area contributed by atoms with E-state index in [1.165, 1.54) is 0 Å². The summed E-state index contributed by atoms with van der Waals surface area (Å²) >= 11 is 1.84. The number of thioether (sulfide) groups is 1. The SMILES string of the molecule is CCCS(=O)(=O)N1CCC(NC(=NCCCSC)NCC)CC1. The largest absolute Gasteiger partial charge is 0.357 e. The lowest BCUT2D eigenvalue weighted by Gasteiger charge is -2.32. The summed E-state index contributed by atoms with van der Waals surface area (Å²) < 4.78 is 25.8. The molecule has 6 nitrogen and oxygen atoms in total. The van der Waals surface area contributed by atoms with Crippen LogP contribution in [0.4, 0.5) is 0 Å². The van der Waals surface area contributed by atoms with Crippen molar-refractivity contribution in [1.29, 1.82) is 0 Å². The van der Waals surface area contributed by atoms with Crippen LogP contribution < -0.4 is 10.6 Å². The molecule has 1 saturated heterocycles. The Morgan fingerprint density at radius 3 is 2.57 bits per heavy atom. The minimum Gasteiger partial charge on any atom is -0.357 e. The second kappa shape index (κ2) is 11.1. The second-order valence-electron chi connectivity index (χ2n) is 5.74. The average molecular weight is 365 g/mol. The van der Waals surface area contributed by atoms with Crippen LogP contribution in [0.2, 0.25) is 0 Å². The molecule has 1 aliphatic heterocycles. The molecule has 0 radical (unpaired) electrons. The van der Waals surface area contributed by atoms with Crippen molar-refractivity contribution in [2.45, 2.75) is 45.6 Å². The molecule has 23 heavy (non-hydrogen) atoms. The van der Waals surface area contributed by atoms with Gasteiger partial charge in [-0.15, -0.1) is 0 Å². The van der Waals surface area contributed by atoms with Gasteiger partial charge < -0.3 is 10.6 Å². The summed E-state index contributed by atoms with van der Waals surface area (Å²) in [6, 6.07) is 0.293. The van der Waals surface area contributed by atoms with Crippen LogP contribution >= 0.6 is 11.8 Å². The van der Waals surface area contributed by atoms with Gasteiger partial charge in [-0.3, -0.25) is 4.99 Å². The Hall–Kier alpha value is -0.470. The zero-order valence-corrected chi connectivity index (χ0v) is 16.3. The van der Waals surface area contributed by atoms with Gasteiger partial charge in [0.1, 0.15) is 0 Å². The lowest BCUT2D eigenvalue weighted by Crippen LogP contribution is -2.50. The Kier molecular flexibility index (Phi) is 9.97. The third-order valence-corrected chi connectivity index (χ3v) is 6.54. The molecule has 0 unspecified atom stereocenters. The third-order valence-electron chi connectivity index (χ3n) is 3.77. The normalized spacial score (nSPS) is 18.1. The number of hydrogen-bond donors (Lipinski definition) is 2. The van der Waals surface area contributed by atoms with Gasteiger partial charge in [0.2, 0.25) is 10.0 Å². The van der Waals surface area contributed by atoms with Crippen molar-refractivity contribution in [1.82, 2.24) is 14.9 Å². The van der Waals surface area contributed by atoms with Crippen LogP contribution in [-0.2, 0) is 10.0 Å². The number of nitrogens with zero attached hydrogens (tertiary/aromatic N) is 2. The number of hydrogen-bond acceptors (Lipinski definition) is 4. The highest BCUT2D eigenvalue weighted by molar-refractivity contribution is 7.98. The van der Waals surface area contributed by atoms with E-state index in [4.69, 9.17) is 0 Å². The van der Waals surface area contributed by atoms with Crippen molar-refractivity contribution in [2.75, 3.05) is 43.9 Å². The van der Waals surface area contributed by atoms with Gasteiger partial charge in [-0.05, 0) is 44.6 Å². The van der Waals surface area contributed by atoms with Crippen LogP contribution in [0.25, 0.3) is 0 Å². The number of rotatable bonds is 9. The van der Waals surface area contributed by atoms with Gasteiger partial charge in [-0.1, -0.05) is 6.92 Å². The summed E-state index contributed by atoms with van der Waals surface area (Å²) in [6.07, 6.45) is 5.52. The van der Waals surface area contributed by atoms with Gasteiger partial charge in [0.15, 0.2) is 5.96 Å². The number of aliphatic imine (C=N–C) groups is 1. The van der Waals surface area contributed by atoms with Crippen molar-refractivity contribution in [3.8, 4) is 0 Å². The first-order chi connectivity index (χ1) is 11.0. The molecule has 0 saturated carbocycles. The zero-order valence-electron chi connectivity index (χ0n) is 14.7. The Morgan fingerprint density at radius 2 is 2.00 bits per heavy atom. The monoisotopic (exact) mass is 364 g/mol. The van der Waals surface area contributed by atoms with Crippen LogP contribution in [0.15, 0.2) is 4.99 Å². The smallest absolute Gasteiger partial charge is 0.214 e. The molecule has 0 aromatic heterocycles. The Balaban J connectivity index is 2.45. The van der Waals surface area contributed by atoms with Gasteiger partial charge in [0, 0.05) is 32.2 Å². The van der Waals surface area contributed by atoms with Crippen LogP contribution in [0.5, 0.6) is 0 Å². The number of nitrogens with one attached hydrogen (secondary N) is 2. The average Bonchev–Trinajstić information content (AvgIpc) is 2.52. The van der Waals surface area contributed by atoms with Gasteiger partial charge in [-0.2, -0.15) is 11.8 Å². The fraction of sp³-hybridized carbons (Fsp3) is 0.933. The van der Waals surface area contributed by atoms with Gasteiger partial charge in [0.25, 0.3) is 0 Å². The van der Waals surface area contributed by atoms with E-state index < -0.39 is 10.0 Å². The molecule has 0 spiro atoms. The molecular weight excluding hydrogens is 332 g/mol. The van der Waals surface area contributed by atoms with Crippen molar-refractivity contribution < 1.29 is 8.42 Å². The summed E-state index contributed by atoms with van der Waals surface area (Å²) in [5.74, 6) is 2.23. The molecule has 1 aliphatic rings. The summed E-state index contributed by atoms with van der Waals surface area (Å²) in [4.78, 5) is 4.59. The first-order valence-corrected chi connectivity index (χ1v) is 11.5. The quantitative estimate of drug-likeness (QED) is 0.368. The van der Waals surface area contributed by atoms with Crippen molar-refractivity contribution in [3.63, 3.8) is 0 Å². The molecule has 1 fully saturated rings. The standard InChI is InChI=1S/C15H32N4O2S2/c1-4-13-23(20,21)19-10-7-14(8-11-19)18-15(16-5-2)17-9-6-12-22-3/h14H,4-13H2,1-3H3,(H2,16,17,18). The molecule has 0 aliphatic carbocycles. The number of piperidine rings is 1. The van der Waals surface area contributed by atoms with E-state index in [1.807, 2.05) is 18.7 Å². The van der Waals surface area contributed by atoms with Gasteiger partial charge in [-0.25, -0.2) is 12.7 Å². The van der Waals surface area contributed by atoms with Crippen molar-refractivity contribution >= 4 is 27.7 Å². The number of guanidine groups is 1. The topological polar surface area (TPSA) is 73.8 Å². The molecule has 0 aromatic carbocycles. The van der Waals surface area contributed by atoms with E-state index in [9.17, 15) is 8.42 Å². The summed E-state index contributed by atoms with van der Waals surface area (Å²) in [6.45, 7) is 6.82. The van der Waals surface area contributed by atoms with Crippen molar-refractivity contribution in [3.05, 3.63) is 0 Å². The maximum Gasteiger partial charge on any atom is 0.214 e. The van der Waals surface area contributed by atoms with E-state index in [2.05, 4.69) is 28.8 Å². The lowest BCUT2D eigenvalue weighted by molar-refractivity contribution is 0.306. The molecule has 2 N–H and O–H groups in total. The Labute approximate surface area is 145 Å². The molecule has 1 rings (SSSR count). The minimum atomic E-state index is -3.06. The summed E-state index contributed by atoms with van der Waals surface area (Å²) in [7, 11) is -3.06. The van der Waals surface area contributed by atoms with E-state index in [-0.39, 0.29) is 5.75 Å². The lowest BCUT2D eigenvalue weighted by atomic mass is 10.1. The van der Waals surface area contributed by atoms with E-state index >= 15 is 0 Å². The highest BCUT2D eigenvalue weighted by Gasteiger charge is 2.27. The molecule has 1 heterocycles. The fourth-order valence-corrected chi connectivity index (χ4v) is 4.54. The van der Waals surface area contributed by atoms with E-state index in [0.717, 1.165) is 44.1 Å². The maximum absolute atomic E-state index is 12.1.